The second-order valence-corrected chi connectivity index (χ2v) is 7.91. The number of ether oxygens (including phenoxy) is 1. The molecule has 0 saturated carbocycles. The highest BCUT2D eigenvalue weighted by Crippen LogP contribution is 2.21. The van der Waals surface area contributed by atoms with Crippen molar-refractivity contribution in [3.63, 3.8) is 0 Å². The molecule has 1 aromatic rings. The summed E-state index contributed by atoms with van der Waals surface area (Å²) in [5.74, 6) is -2.45. The van der Waals surface area contributed by atoms with Gasteiger partial charge in [0.25, 0.3) is 11.8 Å². The molecule has 0 spiro atoms. The summed E-state index contributed by atoms with van der Waals surface area (Å²) in [5.41, 5.74) is 0.676. The summed E-state index contributed by atoms with van der Waals surface area (Å²) in [6, 6.07) is 5.32. The summed E-state index contributed by atoms with van der Waals surface area (Å²) in [4.78, 5) is 36.4. The molecule has 0 aromatic heterocycles. The highest BCUT2D eigenvalue weighted by atomic mass is 32.2. The van der Waals surface area contributed by atoms with E-state index in [1.54, 1.807) is 31.2 Å². The van der Waals surface area contributed by atoms with E-state index in [2.05, 4.69) is 4.72 Å². The number of nitrogens with one attached hydrogen (secondary N) is 1. The summed E-state index contributed by atoms with van der Waals surface area (Å²) in [6.07, 6.45) is 0.714. The van der Waals surface area contributed by atoms with E-state index in [0.717, 1.165) is 4.90 Å². The van der Waals surface area contributed by atoms with Gasteiger partial charge >= 0.3 is 5.97 Å². The number of carboxylic acid groups (broad SMARTS) is 1. The van der Waals surface area contributed by atoms with Crippen molar-refractivity contribution >= 4 is 27.8 Å². The van der Waals surface area contributed by atoms with Gasteiger partial charge in [-0.3, -0.25) is 19.3 Å². The molecule has 9 nitrogen and oxygen atoms in total. The summed E-state index contributed by atoms with van der Waals surface area (Å²) in [6.45, 7) is 1.56. The first-order valence-electron chi connectivity index (χ1n) is 8.52. The minimum atomic E-state index is -3.82. The molecular formula is C17H22N2O7S. The normalized spacial score (nSPS) is 15.1. The van der Waals surface area contributed by atoms with Crippen LogP contribution in [0.25, 0.3) is 0 Å². The standard InChI is InChI=1S/C17H22N2O7S/c1-2-5-14(17(22)23)18-27(24,25)11-10-26-9-8-19-15(20)12-6-3-4-7-13(12)16(19)21/h3-4,6-7,14,18H,2,5,8-11H2,1H3,(H,22,23). The number of amides is 2. The van der Waals surface area contributed by atoms with Gasteiger partial charge in [-0.15, -0.1) is 0 Å². The molecule has 0 fully saturated rings. The minimum Gasteiger partial charge on any atom is -0.480 e. The van der Waals surface area contributed by atoms with Crippen LogP contribution in [-0.2, 0) is 19.6 Å². The maximum absolute atomic E-state index is 12.2. The molecule has 1 unspecified atom stereocenters. The first-order valence-corrected chi connectivity index (χ1v) is 10.2. The first-order chi connectivity index (χ1) is 12.8. The Morgan fingerprint density at radius 3 is 2.30 bits per heavy atom. The molecule has 10 heteroatoms. The van der Waals surface area contributed by atoms with Crippen LogP contribution in [0.2, 0.25) is 0 Å². The molecule has 0 bridgehead atoms. The molecule has 0 aliphatic carbocycles. The van der Waals surface area contributed by atoms with Crippen molar-refractivity contribution in [3.05, 3.63) is 35.4 Å². The fraction of sp³-hybridized carbons (Fsp3) is 0.471. The van der Waals surface area contributed by atoms with Gasteiger partial charge in [0.15, 0.2) is 0 Å². The third kappa shape index (κ3) is 5.34. The molecule has 2 amide bonds. The van der Waals surface area contributed by atoms with Crippen molar-refractivity contribution < 1.29 is 32.6 Å². The number of rotatable bonds is 11. The van der Waals surface area contributed by atoms with Crippen molar-refractivity contribution in [2.75, 3.05) is 25.5 Å². The van der Waals surface area contributed by atoms with Crippen molar-refractivity contribution in [1.82, 2.24) is 9.62 Å². The lowest BCUT2D eigenvalue weighted by molar-refractivity contribution is -0.139. The lowest BCUT2D eigenvalue weighted by atomic mass is 10.1. The molecule has 2 rings (SSSR count). The van der Waals surface area contributed by atoms with Crippen molar-refractivity contribution in [1.29, 1.82) is 0 Å². The predicted molar refractivity (Wildman–Crippen MR) is 95.9 cm³/mol. The molecule has 1 heterocycles. The molecule has 1 aliphatic heterocycles. The number of carbonyl (C=O) groups is 3. The Morgan fingerprint density at radius 2 is 1.78 bits per heavy atom. The van der Waals surface area contributed by atoms with Crippen LogP contribution in [0.1, 0.15) is 40.5 Å². The van der Waals surface area contributed by atoms with Gasteiger partial charge in [-0.1, -0.05) is 25.5 Å². The highest BCUT2D eigenvalue weighted by Gasteiger charge is 2.34. The van der Waals surface area contributed by atoms with Gasteiger partial charge in [-0.05, 0) is 18.6 Å². The fourth-order valence-electron chi connectivity index (χ4n) is 2.67. The average molecular weight is 398 g/mol. The van der Waals surface area contributed by atoms with E-state index in [1.165, 1.54) is 0 Å². The maximum Gasteiger partial charge on any atom is 0.321 e. The average Bonchev–Trinajstić information content (AvgIpc) is 2.86. The van der Waals surface area contributed by atoms with Crippen LogP contribution in [-0.4, -0.2) is 67.8 Å². The van der Waals surface area contributed by atoms with E-state index in [4.69, 9.17) is 9.84 Å². The molecule has 1 aliphatic rings. The van der Waals surface area contributed by atoms with Crippen molar-refractivity contribution in [2.45, 2.75) is 25.8 Å². The summed E-state index contributed by atoms with van der Waals surface area (Å²) < 4.78 is 31.2. The third-order valence-electron chi connectivity index (χ3n) is 4.03. The first kappa shape index (κ1) is 21.0. The topological polar surface area (TPSA) is 130 Å². The molecule has 0 radical (unpaired) electrons. The number of carboxylic acids is 1. The number of carbonyl (C=O) groups excluding carboxylic acids is 2. The number of imide groups is 1. The zero-order chi connectivity index (χ0) is 20.0. The summed E-state index contributed by atoms with van der Waals surface area (Å²) in [7, 11) is -3.82. The number of sulfonamides is 1. The zero-order valence-electron chi connectivity index (χ0n) is 14.9. The number of hydrogen-bond acceptors (Lipinski definition) is 6. The van der Waals surface area contributed by atoms with Crippen molar-refractivity contribution in [2.24, 2.45) is 0 Å². The Kier molecular flexibility index (Phi) is 7.05. The van der Waals surface area contributed by atoms with E-state index >= 15 is 0 Å². The van der Waals surface area contributed by atoms with E-state index in [-0.39, 0.29) is 26.2 Å². The van der Waals surface area contributed by atoms with Gasteiger partial charge in [-0.2, -0.15) is 0 Å². The second kappa shape index (κ2) is 9.07. The molecule has 0 saturated heterocycles. The number of nitrogens with zero attached hydrogens (tertiary/aromatic N) is 1. The van der Waals surface area contributed by atoms with E-state index < -0.39 is 39.6 Å². The largest absolute Gasteiger partial charge is 0.480 e. The van der Waals surface area contributed by atoms with E-state index in [0.29, 0.717) is 17.5 Å². The van der Waals surface area contributed by atoms with Gasteiger partial charge in [0.2, 0.25) is 10.0 Å². The Bertz CT molecular complexity index is 787. The van der Waals surface area contributed by atoms with Gasteiger partial charge in [-0.25, -0.2) is 13.1 Å². The number of fused-ring (bicyclic) bond motifs is 1. The predicted octanol–water partition coefficient (Wildman–Crippen LogP) is 0.472. The van der Waals surface area contributed by atoms with Crippen LogP contribution in [0.4, 0.5) is 0 Å². The molecule has 2 N–H and O–H groups in total. The van der Waals surface area contributed by atoms with E-state index in [1.807, 2.05) is 0 Å². The van der Waals surface area contributed by atoms with Crippen LogP contribution in [0, 0.1) is 0 Å². The molecule has 27 heavy (non-hydrogen) atoms. The van der Waals surface area contributed by atoms with Gasteiger partial charge in [0.1, 0.15) is 6.04 Å². The van der Waals surface area contributed by atoms with Crippen LogP contribution >= 0.6 is 0 Å². The second-order valence-electron chi connectivity index (χ2n) is 6.04. The maximum atomic E-state index is 12.2. The number of aliphatic carboxylic acids is 1. The van der Waals surface area contributed by atoms with Gasteiger partial charge < -0.3 is 9.84 Å². The molecule has 148 valence electrons. The lowest BCUT2D eigenvalue weighted by Crippen LogP contribution is -2.42. The Hall–Kier alpha value is -2.30. The number of hydrogen-bond donors (Lipinski definition) is 2. The molecule has 1 aromatic carbocycles. The van der Waals surface area contributed by atoms with Gasteiger partial charge in [0.05, 0.1) is 36.6 Å². The summed E-state index contributed by atoms with van der Waals surface area (Å²) in [5, 5.41) is 9.00. The SMILES string of the molecule is CCCC(NS(=O)(=O)CCOCCN1C(=O)c2ccccc2C1=O)C(=O)O. The molecule has 1 atom stereocenters. The zero-order valence-corrected chi connectivity index (χ0v) is 15.7. The monoisotopic (exact) mass is 398 g/mol. The lowest BCUT2D eigenvalue weighted by Gasteiger charge is -2.15. The Balaban J connectivity index is 1.77. The minimum absolute atomic E-state index is 0.00735. The number of benzene rings is 1. The van der Waals surface area contributed by atoms with Crippen LogP contribution < -0.4 is 4.72 Å². The van der Waals surface area contributed by atoms with Crippen LogP contribution in [0.15, 0.2) is 24.3 Å². The van der Waals surface area contributed by atoms with Crippen LogP contribution in [0.5, 0.6) is 0 Å². The quantitative estimate of drug-likeness (QED) is 0.409. The summed E-state index contributed by atoms with van der Waals surface area (Å²) >= 11 is 0. The Morgan fingerprint density at radius 1 is 1.19 bits per heavy atom. The van der Waals surface area contributed by atoms with Crippen molar-refractivity contribution in [3.8, 4) is 0 Å². The fourth-order valence-corrected chi connectivity index (χ4v) is 3.77. The Labute approximate surface area is 157 Å². The highest BCUT2D eigenvalue weighted by molar-refractivity contribution is 7.89. The van der Waals surface area contributed by atoms with E-state index in [9.17, 15) is 22.8 Å². The van der Waals surface area contributed by atoms with Gasteiger partial charge in [0, 0.05) is 0 Å². The molecular weight excluding hydrogens is 376 g/mol. The van der Waals surface area contributed by atoms with Crippen LogP contribution in [0.3, 0.4) is 0 Å². The third-order valence-corrected chi connectivity index (χ3v) is 5.38. The smallest absolute Gasteiger partial charge is 0.321 e.